The van der Waals surface area contributed by atoms with Gasteiger partial charge in [-0.2, -0.15) is 5.10 Å². The lowest BCUT2D eigenvalue weighted by Crippen LogP contribution is -2.47. The fraction of sp³-hybridized carbons (Fsp3) is 0.400. The van der Waals surface area contributed by atoms with E-state index in [-0.39, 0.29) is 17.9 Å². The van der Waals surface area contributed by atoms with Gasteiger partial charge in [0.05, 0.1) is 31.4 Å². The SMILES string of the molecule is COc1ccc(C2=NN(C3CCN(C(=O)c4c[c]ccc4)CC3)C(=O)C2(C)C)cc1OC. The van der Waals surface area contributed by atoms with E-state index in [1.54, 1.807) is 37.4 Å². The maximum absolute atomic E-state index is 13.3. The van der Waals surface area contributed by atoms with Gasteiger partial charge in [-0.15, -0.1) is 0 Å². The minimum absolute atomic E-state index is 0.00268. The van der Waals surface area contributed by atoms with Gasteiger partial charge in [0.15, 0.2) is 11.5 Å². The van der Waals surface area contributed by atoms with E-state index >= 15 is 0 Å². The summed E-state index contributed by atoms with van der Waals surface area (Å²) in [6, 6.07) is 15.6. The van der Waals surface area contributed by atoms with Crippen molar-refractivity contribution in [3.05, 3.63) is 59.7 Å². The number of hydrogen-bond donors (Lipinski definition) is 0. The topological polar surface area (TPSA) is 71.4 Å². The maximum atomic E-state index is 13.3. The molecule has 2 aliphatic rings. The number of ether oxygens (including phenoxy) is 2. The Hall–Kier alpha value is -3.35. The number of benzene rings is 2. The summed E-state index contributed by atoms with van der Waals surface area (Å²) in [5, 5.41) is 6.40. The molecule has 1 fully saturated rings. The van der Waals surface area contributed by atoms with Crippen LogP contribution in [0.1, 0.15) is 42.6 Å². The summed E-state index contributed by atoms with van der Waals surface area (Å²) in [4.78, 5) is 27.9. The molecule has 0 unspecified atom stereocenters. The molecule has 2 amide bonds. The molecule has 0 saturated carbocycles. The number of amides is 2. The van der Waals surface area contributed by atoms with Crippen LogP contribution in [0.15, 0.2) is 47.6 Å². The van der Waals surface area contributed by atoms with Gasteiger partial charge in [0.2, 0.25) is 0 Å². The van der Waals surface area contributed by atoms with Gasteiger partial charge in [0.25, 0.3) is 11.8 Å². The van der Waals surface area contributed by atoms with Crippen LogP contribution < -0.4 is 9.47 Å². The van der Waals surface area contributed by atoms with Crippen LogP contribution in [-0.4, -0.2) is 60.8 Å². The first-order valence-corrected chi connectivity index (χ1v) is 10.8. The van der Waals surface area contributed by atoms with Gasteiger partial charge in [-0.25, -0.2) is 5.01 Å². The highest BCUT2D eigenvalue weighted by Gasteiger charge is 2.47. The number of rotatable bonds is 5. The minimum atomic E-state index is -0.758. The number of likely N-dealkylation sites (tertiary alicyclic amines) is 1. The highest BCUT2D eigenvalue weighted by molar-refractivity contribution is 6.19. The van der Waals surface area contributed by atoms with Gasteiger partial charge >= 0.3 is 0 Å². The lowest BCUT2D eigenvalue weighted by atomic mass is 9.83. The summed E-state index contributed by atoms with van der Waals surface area (Å²) in [5.41, 5.74) is 1.42. The molecule has 1 saturated heterocycles. The summed E-state index contributed by atoms with van der Waals surface area (Å²) in [6.45, 7) is 4.97. The molecule has 2 aromatic rings. The summed E-state index contributed by atoms with van der Waals surface area (Å²) in [5.74, 6) is 1.20. The van der Waals surface area contributed by atoms with Crippen LogP contribution in [0.25, 0.3) is 0 Å². The van der Waals surface area contributed by atoms with E-state index in [1.807, 2.05) is 43.0 Å². The second-order valence-electron chi connectivity index (χ2n) is 8.61. The molecule has 1 radical (unpaired) electrons. The fourth-order valence-corrected chi connectivity index (χ4v) is 4.34. The molecule has 0 N–H and O–H groups in total. The Kier molecular flexibility index (Phi) is 5.91. The van der Waals surface area contributed by atoms with Gasteiger partial charge in [0.1, 0.15) is 0 Å². The van der Waals surface area contributed by atoms with Crippen molar-refractivity contribution in [2.45, 2.75) is 32.7 Å². The van der Waals surface area contributed by atoms with Crippen molar-refractivity contribution in [3.8, 4) is 11.5 Å². The smallest absolute Gasteiger partial charge is 0.254 e. The summed E-state index contributed by atoms with van der Waals surface area (Å²) < 4.78 is 10.8. The van der Waals surface area contributed by atoms with Gasteiger partial charge in [0, 0.05) is 24.2 Å². The van der Waals surface area contributed by atoms with E-state index in [0.29, 0.717) is 48.7 Å². The summed E-state index contributed by atoms with van der Waals surface area (Å²) in [7, 11) is 3.18. The van der Waals surface area contributed by atoms with E-state index in [0.717, 1.165) is 5.56 Å². The number of carbonyl (C=O) groups is 2. The Balaban J connectivity index is 1.52. The third kappa shape index (κ3) is 3.83. The molecule has 0 aromatic heterocycles. The van der Waals surface area contributed by atoms with E-state index in [4.69, 9.17) is 14.6 Å². The fourth-order valence-electron chi connectivity index (χ4n) is 4.34. The zero-order valence-electron chi connectivity index (χ0n) is 18.9. The Morgan fingerprint density at radius 3 is 2.47 bits per heavy atom. The van der Waals surface area contributed by atoms with Crippen molar-refractivity contribution in [1.82, 2.24) is 9.91 Å². The average Bonchev–Trinajstić information content (AvgIpc) is 3.07. The number of carbonyl (C=O) groups excluding carboxylic acids is 2. The number of hydrogen-bond acceptors (Lipinski definition) is 5. The minimum Gasteiger partial charge on any atom is -0.493 e. The molecule has 0 aliphatic carbocycles. The summed E-state index contributed by atoms with van der Waals surface area (Å²) >= 11 is 0. The number of hydrazone groups is 1. The first-order chi connectivity index (χ1) is 15.4. The van der Waals surface area contributed by atoms with Crippen molar-refractivity contribution in [3.63, 3.8) is 0 Å². The molecule has 7 nitrogen and oxygen atoms in total. The molecule has 0 atom stereocenters. The predicted octanol–water partition coefficient (Wildman–Crippen LogP) is 3.38. The molecule has 2 heterocycles. The average molecular weight is 435 g/mol. The van der Waals surface area contributed by atoms with Gasteiger partial charge in [-0.05, 0) is 63.1 Å². The Labute approximate surface area is 188 Å². The number of methoxy groups -OCH3 is 2. The largest absolute Gasteiger partial charge is 0.493 e. The van der Waals surface area contributed by atoms with E-state index in [1.165, 1.54) is 0 Å². The van der Waals surface area contributed by atoms with Crippen LogP contribution in [-0.2, 0) is 4.79 Å². The molecule has 4 rings (SSSR count). The molecule has 2 aromatic carbocycles. The Bertz CT molecular complexity index is 1040. The van der Waals surface area contributed by atoms with E-state index < -0.39 is 5.41 Å². The van der Waals surface area contributed by atoms with Crippen molar-refractivity contribution >= 4 is 17.5 Å². The molecule has 167 valence electrons. The highest BCUT2D eigenvalue weighted by Crippen LogP contribution is 2.37. The van der Waals surface area contributed by atoms with Crippen molar-refractivity contribution in [2.24, 2.45) is 10.5 Å². The first kappa shape index (κ1) is 21.9. The summed E-state index contributed by atoms with van der Waals surface area (Å²) in [6.07, 6.45) is 1.37. The third-order valence-electron chi connectivity index (χ3n) is 6.25. The Morgan fingerprint density at radius 2 is 1.84 bits per heavy atom. The standard InChI is InChI=1S/C25H28N3O4/c1-25(2)22(18-10-11-20(31-3)21(16-18)32-4)26-28(24(25)30)19-12-14-27(15-13-19)23(29)17-8-6-5-7-9-17/h5-6,8-11,16,19H,12-15H2,1-4H3. The molecule has 7 heteroatoms. The molecule has 0 bridgehead atoms. The second kappa shape index (κ2) is 8.65. The third-order valence-corrected chi connectivity index (χ3v) is 6.25. The molecule has 32 heavy (non-hydrogen) atoms. The zero-order chi connectivity index (χ0) is 22.9. The van der Waals surface area contributed by atoms with Crippen molar-refractivity contribution in [1.29, 1.82) is 0 Å². The van der Waals surface area contributed by atoms with Crippen LogP contribution >= 0.6 is 0 Å². The monoisotopic (exact) mass is 434 g/mol. The molecular weight excluding hydrogens is 406 g/mol. The van der Waals surface area contributed by atoms with Crippen molar-refractivity contribution < 1.29 is 19.1 Å². The molecule has 0 spiro atoms. The van der Waals surface area contributed by atoms with Gasteiger partial charge < -0.3 is 14.4 Å². The zero-order valence-corrected chi connectivity index (χ0v) is 18.9. The second-order valence-corrected chi connectivity index (χ2v) is 8.61. The van der Waals surface area contributed by atoms with Crippen molar-refractivity contribution in [2.75, 3.05) is 27.3 Å². The quantitative estimate of drug-likeness (QED) is 0.723. The van der Waals surface area contributed by atoms with Gasteiger partial charge in [-0.1, -0.05) is 12.1 Å². The van der Waals surface area contributed by atoms with Gasteiger partial charge in [-0.3, -0.25) is 9.59 Å². The number of nitrogens with zero attached hydrogens (tertiary/aromatic N) is 3. The Morgan fingerprint density at radius 1 is 1.12 bits per heavy atom. The van der Waals surface area contributed by atoms with Crippen LogP contribution in [0.3, 0.4) is 0 Å². The maximum Gasteiger partial charge on any atom is 0.254 e. The normalized spacial score (nSPS) is 18.5. The lowest BCUT2D eigenvalue weighted by molar-refractivity contribution is -0.137. The lowest BCUT2D eigenvalue weighted by Gasteiger charge is -2.35. The van der Waals surface area contributed by atoms with Crippen LogP contribution in [0.5, 0.6) is 11.5 Å². The molecular formula is C25H28N3O4. The first-order valence-electron chi connectivity index (χ1n) is 10.8. The number of piperidine rings is 1. The van der Waals surface area contributed by atoms with E-state index in [2.05, 4.69) is 6.07 Å². The molecule has 2 aliphatic heterocycles. The van der Waals surface area contributed by atoms with Crippen LogP contribution in [0.2, 0.25) is 0 Å². The van der Waals surface area contributed by atoms with E-state index in [9.17, 15) is 9.59 Å². The van der Waals surface area contributed by atoms with Crippen LogP contribution in [0, 0.1) is 11.5 Å². The predicted molar refractivity (Wildman–Crippen MR) is 121 cm³/mol. The highest BCUT2D eigenvalue weighted by atomic mass is 16.5. The van der Waals surface area contributed by atoms with Crippen LogP contribution in [0.4, 0.5) is 0 Å².